The van der Waals surface area contributed by atoms with Crippen molar-refractivity contribution in [3.63, 3.8) is 0 Å². The maximum atomic E-state index is 11.8. The number of anilines is 1. The molecule has 0 bridgehead atoms. The number of carbonyl (C=O) groups is 1. The molecule has 2 rings (SSSR count). The van der Waals surface area contributed by atoms with Crippen LogP contribution in [0.3, 0.4) is 0 Å². The molecule has 104 valence electrons. The highest BCUT2D eigenvalue weighted by Crippen LogP contribution is 2.17. The Labute approximate surface area is 120 Å². The molecule has 0 radical (unpaired) electrons. The summed E-state index contributed by atoms with van der Waals surface area (Å²) >= 11 is 1.28. The average Bonchev–Trinajstić information content (AvgIpc) is 2.42. The SMILES string of the molecule is Cc1ccc(NC(=O)CSc2[nH]c(=O)ncc2C)cc1. The average molecular weight is 289 g/mol. The van der Waals surface area contributed by atoms with Gasteiger partial charge in [-0.2, -0.15) is 0 Å². The van der Waals surface area contributed by atoms with E-state index in [1.165, 1.54) is 18.0 Å². The highest BCUT2D eigenvalue weighted by Gasteiger charge is 2.06. The van der Waals surface area contributed by atoms with Crippen molar-refractivity contribution in [2.24, 2.45) is 0 Å². The van der Waals surface area contributed by atoms with Crippen LogP contribution in [0, 0.1) is 13.8 Å². The Hall–Kier alpha value is -2.08. The van der Waals surface area contributed by atoms with E-state index in [2.05, 4.69) is 15.3 Å². The third-order valence-electron chi connectivity index (χ3n) is 2.64. The highest BCUT2D eigenvalue weighted by molar-refractivity contribution is 8.00. The van der Waals surface area contributed by atoms with E-state index in [0.717, 1.165) is 16.8 Å². The van der Waals surface area contributed by atoms with Gasteiger partial charge in [-0.05, 0) is 31.5 Å². The van der Waals surface area contributed by atoms with E-state index in [4.69, 9.17) is 0 Å². The zero-order valence-corrected chi connectivity index (χ0v) is 12.1. The predicted octanol–water partition coefficient (Wildman–Crippen LogP) is 2.12. The van der Waals surface area contributed by atoms with Crippen LogP contribution in [0.1, 0.15) is 11.1 Å². The Morgan fingerprint density at radius 2 is 2.00 bits per heavy atom. The molecule has 1 heterocycles. The highest BCUT2D eigenvalue weighted by atomic mass is 32.2. The molecule has 0 atom stereocenters. The molecule has 0 aliphatic carbocycles. The summed E-state index contributed by atoms with van der Waals surface area (Å²) in [5.74, 6) is 0.116. The van der Waals surface area contributed by atoms with Crippen LogP contribution >= 0.6 is 11.8 Å². The van der Waals surface area contributed by atoms with Gasteiger partial charge in [-0.15, -0.1) is 0 Å². The lowest BCUT2D eigenvalue weighted by Gasteiger charge is -2.06. The first kappa shape index (κ1) is 14.3. The fraction of sp³-hybridized carbons (Fsp3) is 0.214. The van der Waals surface area contributed by atoms with E-state index < -0.39 is 5.69 Å². The number of thioether (sulfide) groups is 1. The molecule has 0 fully saturated rings. The standard InChI is InChI=1S/C14H15N3O2S/c1-9-3-5-11(6-4-9)16-12(18)8-20-13-10(2)7-15-14(19)17-13/h3-7H,8H2,1-2H3,(H,16,18)(H,15,17,19). The van der Waals surface area contributed by atoms with E-state index >= 15 is 0 Å². The van der Waals surface area contributed by atoms with Crippen LogP contribution in [0.25, 0.3) is 0 Å². The Morgan fingerprint density at radius 1 is 1.30 bits per heavy atom. The Morgan fingerprint density at radius 3 is 2.70 bits per heavy atom. The quantitative estimate of drug-likeness (QED) is 0.668. The molecule has 5 nitrogen and oxygen atoms in total. The number of amides is 1. The number of aryl methyl sites for hydroxylation is 2. The third-order valence-corrected chi connectivity index (χ3v) is 3.76. The van der Waals surface area contributed by atoms with Gasteiger partial charge >= 0.3 is 5.69 Å². The molecule has 0 unspecified atom stereocenters. The lowest BCUT2D eigenvalue weighted by atomic mass is 10.2. The number of benzene rings is 1. The molecule has 1 amide bonds. The zero-order chi connectivity index (χ0) is 14.5. The Balaban J connectivity index is 1.93. The Kier molecular flexibility index (Phi) is 4.57. The minimum Gasteiger partial charge on any atom is -0.325 e. The van der Waals surface area contributed by atoms with Gasteiger partial charge < -0.3 is 10.3 Å². The van der Waals surface area contributed by atoms with Crippen molar-refractivity contribution < 1.29 is 4.79 Å². The molecule has 0 spiro atoms. The summed E-state index contributed by atoms with van der Waals surface area (Å²) in [6, 6.07) is 7.59. The number of aromatic amines is 1. The molecule has 1 aromatic heterocycles. The molecular formula is C14H15N3O2S. The summed E-state index contributed by atoms with van der Waals surface area (Å²) in [6.07, 6.45) is 1.50. The minimum absolute atomic E-state index is 0.115. The third kappa shape index (κ3) is 3.96. The fourth-order valence-corrected chi connectivity index (χ4v) is 2.35. The lowest BCUT2D eigenvalue weighted by molar-refractivity contribution is -0.113. The maximum absolute atomic E-state index is 11.8. The normalized spacial score (nSPS) is 10.3. The summed E-state index contributed by atoms with van der Waals surface area (Å²) in [4.78, 5) is 29.2. The number of carbonyl (C=O) groups excluding carboxylic acids is 1. The molecule has 2 aromatic rings. The van der Waals surface area contributed by atoms with Crippen LogP contribution in [0.4, 0.5) is 5.69 Å². The van der Waals surface area contributed by atoms with Crippen LogP contribution in [0.5, 0.6) is 0 Å². The first-order valence-corrected chi connectivity index (χ1v) is 7.08. The van der Waals surface area contributed by atoms with E-state index in [-0.39, 0.29) is 11.7 Å². The predicted molar refractivity (Wildman–Crippen MR) is 80.1 cm³/mol. The minimum atomic E-state index is -0.406. The summed E-state index contributed by atoms with van der Waals surface area (Å²) in [7, 11) is 0. The number of hydrogen-bond acceptors (Lipinski definition) is 4. The lowest BCUT2D eigenvalue weighted by Crippen LogP contribution is -2.16. The number of nitrogens with zero attached hydrogens (tertiary/aromatic N) is 1. The van der Waals surface area contributed by atoms with Gasteiger partial charge in [0.05, 0.1) is 10.8 Å². The summed E-state index contributed by atoms with van der Waals surface area (Å²) in [5.41, 5.74) is 2.35. The van der Waals surface area contributed by atoms with Crippen molar-refractivity contribution in [3.8, 4) is 0 Å². The van der Waals surface area contributed by atoms with Crippen LogP contribution in [-0.2, 0) is 4.79 Å². The van der Waals surface area contributed by atoms with Gasteiger partial charge in [-0.25, -0.2) is 9.78 Å². The van der Waals surface area contributed by atoms with E-state index in [9.17, 15) is 9.59 Å². The van der Waals surface area contributed by atoms with Gasteiger partial charge in [-0.1, -0.05) is 29.5 Å². The molecular weight excluding hydrogens is 274 g/mol. The molecule has 0 saturated heterocycles. The van der Waals surface area contributed by atoms with Crippen molar-refractivity contribution in [1.29, 1.82) is 0 Å². The second-order valence-electron chi connectivity index (χ2n) is 4.40. The van der Waals surface area contributed by atoms with Crippen molar-refractivity contribution in [1.82, 2.24) is 9.97 Å². The van der Waals surface area contributed by atoms with Crippen molar-refractivity contribution in [3.05, 3.63) is 52.1 Å². The van der Waals surface area contributed by atoms with E-state index in [1.807, 2.05) is 38.1 Å². The second-order valence-corrected chi connectivity index (χ2v) is 5.39. The monoisotopic (exact) mass is 289 g/mol. The molecule has 1 aromatic carbocycles. The molecule has 20 heavy (non-hydrogen) atoms. The van der Waals surface area contributed by atoms with Gasteiger partial charge in [0.15, 0.2) is 0 Å². The molecule has 0 aliphatic heterocycles. The molecule has 6 heteroatoms. The smallest absolute Gasteiger partial charge is 0.325 e. The summed E-state index contributed by atoms with van der Waals surface area (Å²) in [5, 5.41) is 3.48. The Bertz CT molecular complexity index is 665. The van der Waals surface area contributed by atoms with Crippen molar-refractivity contribution in [2.75, 3.05) is 11.1 Å². The first-order chi connectivity index (χ1) is 9.54. The summed E-state index contributed by atoms with van der Waals surface area (Å²) in [6.45, 7) is 3.83. The van der Waals surface area contributed by atoms with Crippen LogP contribution in [0.2, 0.25) is 0 Å². The van der Waals surface area contributed by atoms with Gasteiger partial charge in [0.25, 0.3) is 0 Å². The first-order valence-electron chi connectivity index (χ1n) is 6.10. The molecule has 0 saturated carbocycles. The van der Waals surface area contributed by atoms with Gasteiger partial charge in [0.1, 0.15) is 0 Å². The summed E-state index contributed by atoms with van der Waals surface area (Å²) < 4.78 is 0. The number of aromatic nitrogens is 2. The largest absolute Gasteiger partial charge is 0.345 e. The van der Waals surface area contributed by atoms with Gasteiger partial charge in [0.2, 0.25) is 5.91 Å². The van der Waals surface area contributed by atoms with Crippen molar-refractivity contribution >= 4 is 23.4 Å². The molecule has 2 N–H and O–H groups in total. The van der Waals surface area contributed by atoms with Gasteiger partial charge in [-0.3, -0.25) is 4.79 Å². The van der Waals surface area contributed by atoms with Crippen LogP contribution in [0.15, 0.2) is 40.3 Å². The maximum Gasteiger partial charge on any atom is 0.345 e. The van der Waals surface area contributed by atoms with Crippen molar-refractivity contribution in [2.45, 2.75) is 18.9 Å². The number of nitrogens with one attached hydrogen (secondary N) is 2. The topological polar surface area (TPSA) is 74.8 Å². The number of rotatable bonds is 4. The van der Waals surface area contributed by atoms with E-state index in [1.54, 1.807) is 0 Å². The fourth-order valence-electron chi connectivity index (χ4n) is 1.56. The zero-order valence-electron chi connectivity index (χ0n) is 11.3. The molecule has 0 aliphatic rings. The number of hydrogen-bond donors (Lipinski definition) is 2. The van der Waals surface area contributed by atoms with Crippen LogP contribution < -0.4 is 11.0 Å². The second kappa shape index (κ2) is 6.38. The van der Waals surface area contributed by atoms with Crippen LogP contribution in [-0.4, -0.2) is 21.6 Å². The number of H-pyrrole nitrogens is 1. The van der Waals surface area contributed by atoms with Gasteiger partial charge in [0, 0.05) is 11.9 Å². The van der Waals surface area contributed by atoms with E-state index in [0.29, 0.717) is 5.03 Å².